The van der Waals surface area contributed by atoms with Crippen LogP contribution in [0.25, 0.3) is 0 Å². The van der Waals surface area contributed by atoms with Crippen molar-refractivity contribution in [3.63, 3.8) is 0 Å². The predicted octanol–water partition coefficient (Wildman–Crippen LogP) is 2.63. The topological polar surface area (TPSA) is 9.23 Å². The summed E-state index contributed by atoms with van der Waals surface area (Å²) in [5.41, 5.74) is 1.22. The molecule has 0 radical (unpaired) electrons. The van der Waals surface area contributed by atoms with Crippen molar-refractivity contribution in [3.05, 3.63) is 36.3 Å². The van der Waals surface area contributed by atoms with Crippen LogP contribution in [0.5, 0.6) is 0 Å². The fraction of sp³-hybridized carbons (Fsp3) is 0.333. The van der Waals surface area contributed by atoms with E-state index in [2.05, 4.69) is 20.4 Å². The maximum atomic E-state index is 5.11. The van der Waals surface area contributed by atoms with Gasteiger partial charge in [-0.2, -0.15) is 0 Å². The lowest BCUT2D eigenvalue weighted by atomic mass is 10.0. The molecule has 0 aliphatic carbocycles. The molecular weight excluding hydrogens is 124 g/mol. The van der Waals surface area contributed by atoms with E-state index < -0.39 is 0 Å². The van der Waals surface area contributed by atoms with Gasteiger partial charge in [-0.3, -0.25) is 0 Å². The van der Waals surface area contributed by atoms with Gasteiger partial charge in [-0.25, -0.2) is 0 Å². The third kappa shape index (κ3) is 1.50. The second kappa shape index (κ2) is 2.74. The maximum absolute atomic E-state index is 5.11. The normalized spacial score (nSPS) is 17.1. The summed E-state index contributed by atoms with van der Waals surface area (Å²) in [5.74, 6) is 1.24. The SMILES string of the molecule is C=C1C=CC(C(C)C)=CO1. The van der Waals surface area contributed by atoms with E-state index in [0.29, 0.717) is 11.7 Å². The van der Waals surface area contributed by atoms with E-state index in [4.69, 9.17) is 4.74 Å². The Balaban J connectivity index is 2.67. The molecule has 0 amide bonds. The first kappa shape index (κ1) is 7.13. The van der Waals surface area contributed by atoms with Crippen LogP contribution in [-0.2, 0) is 4.74 Å². The van der Waals surface area contributed by atoms with Crippen molar-refractivity contribution < 1.29 is 4.74 Å². The summed E-state index contributed by atoms with van der Waals surface area (Å²) in [6, 6.07) is 0. The molecule has 0 aromatic rings. The number of allylic oxidation sites excluding steroid dienone is 3. The zero-order valence-corrected chi connectivity index (χ0v) is 6.42. The second-order valence-corrected chi connectivity index (χ2v) is 2.69. The smallest absolute Gasteiger partial charge is 0.119 e. The van der Waals surface area contributed by atoms with Crippen LogP contribution in [0.3, 0.4) is 0 Å². The predicted molar refractivity (Wildman–Crippen MR) is 42.3 cm³/mol. The molecule has 1 nitrogen and oxygen atoms in total. The first-order valence-corrected chi connectivity index (χ1v) is 3.44. The third-order valence-corrected chi connectivity index (χ3v) is 1.47. The molecule has 0 bridgehead atoms. The quantitative estimate of drug-likeness (QED) is 0.538. The highest BCUT2D eigenvalue weighted by Gasteiger charge is 2.03. The fourth-order valence-corrected chi connectivity index (χ4v) is 0.740. The van der Waals surface area contributed by atoms with Crippen LogP contribution in [0.15, 0.2) is 36.3 Å². The molecular formula is C9H12O. The van der Waals surface area contributed by atoms with Crippen LogP contribution in [-0.4, -0.2) is 0 Å². The summed E-state index contributed by atoms with van der Waals surface area (Å²) in [5, 5.41) is 0. The van der Waals surface area contributed by atoms with Gasteiger partial charge in [0.15, 0.2) is 0 Å². The largest absolute Gasteiger partial charge is 0.465 e. The molecule has 0 unspecified atom stereocenters. The van der Waals surface area contributed by atoms with Crippen molar-refractivity contribution in [2.75, 3.05) is 0 Å². The molecule has 1 aliphatic rings. The molecule has 54 valence electrons. The molecule has 0 N–H and O–H groups in total. The summed E-state index contributed by atoms with van der Waals surface area (Å²) >= 11 is 0. The van der Waals surface area contributed by atoms with Gasteiger partial charge in [0, 0.05) is 0 Å². The molecule has 0 saturated carbocycles. The Labute approximate surface area is 61.7 Å². The van der Waals surface area contributed by atoms with E-state index >= 15 is 0 Å². The second-order valence-electron chi connectivity index (χ2n) is 2.69. The highest BCUT2D eigenvalue weighted by Crippen LogP contribution is 2.17. The summed E-state index contributed by atoms with van der Waals surface area (Å²) in [6.07, 6.45) is 5.68. The molecule has 1 rings (SSSR count). The molecule has 10 heavy (non-hydrogen) atoms. The van der Waals surface area contributed by atoms with Gasteiger partial charge in [-0.05, 0) is 17.6 Å². The highest BCUT2D eigenvalue weighted by molar-refractivity contribution is 5.28. The summed E-state index contributed by atoms with van der Waals surface area (Å²) in [7, 11) is 0. The van der Waals surface area contributed by atoms with Crippen LogP contribution >= 0.6 is 0 Å². The number of hydrogen-bond acceptors (Lipinski definition) is 1. The number of hydrogen-bond donors (Lipinski definition) is 0. The molecule has 0 saturated heterocycles. The lowest BCUT2D eigenvalue weighted by molar-refractivity contribution is 0.358. The third-order valence-electron chi connectivity index (χ3n) is 1.47. The van der Waals surface area contributed by atoms with Crippen molar-refractivity contribution >= 4 is 0 Å². The van der Waals surface area contributed by atoms with Gasteiger partial charge >= 0.3 is 0 Å². The average Bonchev–Trinajstić information content (AvgIpc) is 1.88. The monoisotopic (exact) mass is 136 g/mol. The van der Waals surface area contributed by atoms with E-state index in [-0.39, 0.29) is 0 Å². The standard InChI is InChI=1S/C9H12O/c1-7(2)9-5-4-8(3)10-6-9/h4-7H,3H2,1-2H3. The number of ether oxygens (including phenoxy) is 1. The highest BCUT2D eigenvalue weighted by atomic mass is 16.5. The van der Waals surface area contributed by atoms with E-state index in [0.717, 1.165) is 0 Å². The minimum absolute atomic E-state index is 0.532. The van der Waals surface area contributed by atoms with Crippen LogP contribution in [0.4, 0.5) is 0 Å². The van der Waals surface area contributed by atoms with Gasteiger partial charge < -0.3 is 4.74 Å². The van der Waals surface area contributed by atoms with E-state index in [1.165, 1.54) is 5.57 Å². The van der Waals surface area contributed by atoms with Crippen LogP contribution in [0, 0.1) is 5.92 Å². The first-order valence-electron chi connectivity index (χ1n) is 3.44. The van der Waals surface area contributed by atoms with Crippen molar-refractivity contribution in [1.29, 1.82) is 0 Å². The maximum Gasteiger partial charge on any atom is 0.119 e. The van der Waals surface area contributed by atoms with Gasteiger partial charge in [0.2, 0.25) is 0 Å². The Morgan fingerprint density at radius 2 is 2.10 bits per heavy atom. The Bertz CT molecular complexity index is 197. The molecule has 1 heteroatoms. The summed E-state index contributed by atoms with van der Waals surface area (Å²) in [6.45, 7) is 7.92. The van der Waals surface area contributed by atoms with Crippen molar-refractivity contribution in [1.82, 2.24) is 0 Å². The van der Waals surface area contributed by atoms with Gasteiger partial charge in [0.1, 0.15) is 5.76 Å². The van der Waals surface area contributed by atoms with Crippen LogP contribution < -0.4 is 0 Å². The lowest BCUT2D eigenvalue weighted by Crippen LogP contribution is -1.96. The van der Waals surface area contributed by atoms with Gasteiger partial charge in [-0.1, -0.05) is 26.5 Å². The molecule has 0 aromatic carbocycles. The Kier molecular flexibility index (Phi) is 1.95. The Morgan fingerprint density at radius 1 is 1.40 bits per heavy atom. The van der Waals surface area contributed by atoms with Crippen molar-refractivity contribution in [2.45, 2.75) is 13.8 Å². The van der Waals surface area contributed by atoms with Gasteiger partial charge in [0.25, 0.3) is 0 Å². The molecule has 0 atom stereocenters. The van der Waals surface area contributed by atoms with Crippen molar-refractivity contribution in [2.24, 2.45) is 5.92 Å². The first-order chi connectivity index (χ1) is 4.70. The zero-order chi connectivity index (χ0) is 7.56. The van der Waals surface area contributed by atoms with Crippen LogP contribution in [0.1, 0.15) is 13.8 Å². The average molecular weight is 136 g/mol. The van der Waals surface area contributed by atoms with Crippen LogP contribution in [0.2, 0.25) is 0 Å². The minimum Gasteiger partial charge on any atom is -0.465 e. The van der Waals surface area contributed by atoms with E-state index in [1.807, 2.05) is 12.2 Å². The molecule has 1 heterocycles. The van der Waals surface area contributed by atoms with Gasteiger partial charge in [0.05, 0.1) is 6.26 Å². The Morgan fingerprint density at radius 3 is 2.50 bits per heavy atom. The molecule has 0 spiro atoms. The van der Waals surface area contributed by atoms with Crippen molar-refractivity contribution in [3.8, 4) is 0 Å². The molecule has 1 aliphatic heterocycles. The molecule has 0 fully saturated rings. The fourth-order valence-electron chi connectivity index (χ4n) is 0.740. The Hall–Kier alpha value is -0.980. The minimum atomic E-state index is 0.532. The van der Waals surface area contributed by atoms with E-state index in [1.54, 1.807) is 6.26 Å². The summed E-state index contributed by atoms with van der Waals surface area (Å²) < 4.78 is 5.11. The van der Waals surface area contributed by atoms with E-state index in [9.17, 15) is 0 Å². The molecule has 0 aromatic heterocycles. The number of rotatable bonds is 1. The van der Waals surface area contributed by atoms with Gasteiger partial charge in [-0.15, -0.1) is 0 Å². The zero-order valence-electron chi connectivity index (χ0n) is 6.42. The summed E-state index contributed by atoms with van der Waals surface area (Å²) in [4.78, 5) is 0. The lowest BCUT2D eigenvalue weighted by Gasteiger charge is -2.11.